The van der Waals surface area contributed by atoms with Gasteiger partial charge in [-0.1, -0.05) is 19.3 Å². The van der Waals surface area contributed by atoms with Gasteiger partial charge in [-0.15, -0.1) is 0 Å². The smallest absolute Gasteiger partial charge is 0.163 e. The van der Waals surface area contributed by atoms with Gasteiger partial charge in [0.05, 0.1) is 5.69 Å². The maximum atomic E-state index is 5.66. The molecular formula is C16H22BrNO2. The summed E-state index contributed by atoms with van der Waals surface area (Å²) in [5.74, 6) is 2.46. The first-order chi connectivity index (χ1) is 9.74. The molecular weight excluding hydrogens is 318 g/mol. The van der Waals surface area contributed by atoms with Gasteiger partial charge in [-0.05, 0) is 41.6 Å². The van der Waals surface area contributed by atoms with E-state index < -0.39 is 0 Å². The zero-order chi connectivity index (χ0) is 13.9. The third kappa shape index (κ3) is 3.05. The Labute approximate surface area is 129 Å². The lowest BCUT2D eigenvalue weighted by Crippen LogP contribution is -2.28. The van der Waals surface area contributed by atoms with Crippen molar-refractivity contribution in [1.82, 2.24) is 0 Å². The molecule has 0 radical (unpaired) electrons. The number of fused-ring (bicyclic) bond motifs is 1. The summed E-state index contributed by atoms with van der Waals surface area (Å²) in [5, 5.41) is 3.65. The molecule has 3 nitrogen and oxygen atoms in total. The maximum absolute atomic E-state index is 5.66. The predicted molar refractivity (Wildman–Crippen MR) is 84.8 cm³/mol. The molecule has 1 unspecified atom stereocenters. The molecule has 4 heteroatoms. The predicted octanol–water partition coefficient (Wildman–Crippen LogP) is 4.60. The Balaban J connectivity index is 1.73. The number of nitrogens with one attached hydrogen (secondary N) is 1. The number of halogens is 1. The van der Waals surface area contributed by atoms with Gasteiger partial charge < -0.3 is 14.8 Å². The number of hydrogen-bond acceptors (Lipinski definition) is 3. The van der Waals surface area contributed by atoms with Crippen LogP contribution in [0.1, 0.15) is 39.0 Å². The fourth-order valence-corrected chi connectivity index (χ4v) is 3.61. The SMILES string of the molecule is CC(Nc1cc2c(cc1Br)OCCO2)C1CCCCC1. The van der Waals surface area contributed by atoms with Gasteiger partial charge in [0.25, 0.3) is 0 Å². The number of hydrogen-bond donors (Lipinski definition) is 1. The van der Waals surface area contributed by atoms with Gasteiger partial charge in [0.2, 0.25) is 0 Å². The van der Waals surface area contributed by atoms with Crippen LogP contribution in [0, 0.1) is 5.92 Å². The van der Waals surface area contributed by atoms with Crippen molar-refractivity contribution >= 4 is 21.6 Å². The van der Waals surface area contributed by atoms with E-state index in [0.29, 0.717) is 19.3 Å². The van der Waals surface area contributed by atoms with Crippen LogP contribution < -0.4 is 14.8 Å². The van der Waals surface area contributed by atoms with Crippen LogP contribution in [0.5, 0.6) is 11.5 Å². The van der Waals surface area contributed by atoms with E-state index in [9.17, 15) is 0 Å². The van der Waals surface area contributed by atoms with Crippen LogP contribution in [0.25, 0.3) is 0 Å². The molecule has 110 valence electrons. The van der Waals surface area contributed by atoms with Gasteiger partial charge in [0.15, 0.2) is 11.5 Å². The maximum Gasteiger partial charge on any atom is 0.163 e. The summed E-state index contributed by atoms with van der Waals surface area (Å²) in [7, 11) is 0. The summed E-state index contributed by atoms with van der Waals surface area (Å²) in [6.07, 6.45) is 6.83. The van der Waals surface area contributed by atoms with E-state index in [1.54, 1.807) is 0 Å². The minimum atomic E-state index is 0.495. The molecule has 1 heterocycles. The molecule has 2 aliphatic rings. The summed E-state index contributed by atoms with van der Waals surface area (Å²) in [4.78, 5) is 0. The van der Waals surface area contributed by atoms with Crippen LogP contribution >= 0.6 is 15.9 Å². The second kappa shape index (κ2) is 6.25. The third-order valence-electron chi connectivity index (χ3n) is 4.37. The summed E-state index contributed by atoms with van der Waals surface area (Å²) in [6.45, 7) is 3.55. The van der Waals surface area contributed by atoms with Crippen LogP contribution in [0.3, 0.4) is 0 Å². The van der Waals surface area contributed by atoms with Crippen molar-refractivity contribution in [2.24, 2.45) is 5.92 Å². The highest BCUT2D eigenvalue weighted by Gasteiger charge is 2.22. The molecule has 1 aliphatic heterocycles. The fourth-order valence-electron chi connectivity index (χ4n) is 3.17. The first kappa shape index (κ1) is 14.1. The molecule has 20 heavy (non-hydrogen) atoms. The zero-order valence-corrected chi connectivity index (χ0v) is 13.5. The lowest BCUT2D eigenvalue weighted by Gasteiger charge is -2.30. The van der Waals surface area contributed by atoms with Crippen LogP contribution in [-0.4, -0.2) is 19.3 Å². The first-order valence-corrected chi connectivity index (χ1v) is 8.39. The zero-order valence-electron chi connectivity index (χ0n) is 12.0. The second-order valence-corrected chi connectivity index (χ2v) is 6.66. The van der Waals surface area contributed by atoms with E-state index in [0.717, 1.165) is 27.6 Å². The number of ether oxygens (including phenoxy) is 2. The van der Waals surface area contributed by atoms with Crippen molar-refractivity contribution in [2.45, 2.75) is 45.1 Å². The number of benzene rings is 1. The van der Waals surface area contributed by atoms with Crippen molar-refractivity contribution in [3.8, 4) is 11.5 Å². The lowest BCUT2D eigenvalue weighted by molar-refractivity contribution is 0.171. The van der Waals surface area contributed by atoms with Crippen molar-refractivity contribution in [3.63, 3.8) is 0 Å². The highest BCUT2D eigenvalue weighted by Crippen LogP contribution is 2.39. The molecule has 1 aromatic carbocycles. The first-order valence-electron chi connectivity index (χ1n) is 7.60. The van der Waals surface area contributed by atoms with E-state index in [1.165, 1.54) is 32.1 Å². The van der Waals surface area contributed by atoms with Crippen molar-refractivity contribution in [2.75, 3.05) is 18.5 Å². The lowest BCUT2D eigenvalue weighted by atomic mass is 9.84. The van der Waals surface area contributed by atoms with Gasteiger partial charge in [-0.3, -0.25) is 0 Å². The van der Waals surface area contributed by atoms with Crippen molar-refractivity contribution in [1.29, 1.82) is 0 Å². The summed E-state index contributed by atoms with van der Waals surface area (Å²) in [5.41, 5.74) is 1.10. The van der Waals surface area contributed by atoms with Crippen LogP contribution in [0.15, 0.2) is 16.6 Å². The van der Waals surface area contributed by atoms with Crippen LogP contribution in [-0.2, 0) is 0 Å². The number of rotatable bonds is 3. The molecule has 1 N–H and O–H groups in total. The van der Waals surface area contributed by atoms with Crippen LogP contribution in [0.4, 0.5) is 5.69 Å². The Morgan fingerprint density at radius 2 is 1.75 bits per heavy atom. The minimum absolute atomic E-state index is 0.495. The van der Waals surface area contributed by atoms with Gasteiger partial charge in [0, 0.05) is 22.6 Å². The molecule has 1 fully saturated rings. The Hall–Kier alpha value is -0.900. The van der Waals surface area contributed by atoms with Gasteiger partial charge >= 0.3 is 0 Å². The van der Waals surface area contributed by atoms with Gasteiger partial charge in [-0.25, -0.2) is 0 Å². The van der Waals surface area contributed by atoms with Crippen molar-refractivity contribution in [3.05, 3.63) is 16.6 Å². The molecule has 0 saturated heterocycles. The summed E-state index contributed by atoms with van der Waals surface area (Å²) >= 11 is 3.63. The highest BCUT2D eigenvalue weighted by molar-refractivity contribution is 9.10. The Morgan fingerprint density at radius 1 is 1.10 bits per heavy atom. The topological polar surface area (TPSA) is 30.5 Å². The molecule has 3 rings (SSSR count). The molecule has 1 aliphatic carbocycles. The fraction of sp³-hybridized carbons (Fsp3) is 0.625. The molecule has 1 aromatic rings. The normalized spacial score (nSPS) is 20.5. The largest absolute Gasteiger partial charge is 0.486 e. The standard InChI is InChI=1S/C16H22BrNO2/c1-11(12-5-3-2-4-6-12)18-14-10-16-15(9-13(14)17)19-7-8-20-16/h9-12,18H,2-8H2,1H3. The monoisotopic (exact) mass is 339 g/mol. The summed E-state index contributed by atoms with van der Waals surface area (Å²) in [6, 6.07) is 4.55. The van der Waals surface area contributed by atoms with E-state index >= 15 is 0 Å². The second-order valence-electron chi connectivity index (χ2n) is 5.81. The average molecular weight is 340 g/mol. The highest BCUT2D eigenvalue weighted by atomic mass is 79.9. The van der Waals surface area contributed by atoms with Crippen molar-refractivity contribution < 1.29 is 9.47 Å². The molecule has 1 saturated carbocycles. The minimum Gasteiger partial charge on any atom is -0.486 e. The molecule has 1 atom stereocenters. The molecule has 0 amide bonds. The van der Waals surface area contributed by atoms with E-state index in [4.69, 9.17) is 9.47 Å². The Kier molecular flexibility index (Phi) is 4.39. The quantitative estimate of drug-likeness (QED) is 0.872. The average Bonchev–Trinajstić information content (AvgIpc) is 2.49. The summed E-state index contributed by atoms with van der Waals surface area (Å²) < 4.78 is 12.3. The number of anilines is 1. The van der Waals surface area contributed by atoms with E-state index in [-0.39, 0.29) is 0 Å². The van der Waals surface area contributed by atoms with Gasteiger partial charge in [-0.2, -0.15) is 0 Å². The Bertz CT molecular complexity index is 472. The van der Waals surface area contributed by atoms with Gasteiger partial charge in [0.1, 0.15) is 13.2 Å². The van der Waals surface area contributed by atoms with Crippen LogP contribution in [0.2, 0.25) is 0 Å². The van der Waals surface area contributed by atoms with E-state index in [1.807, 2.05) is 6.07 Å². The molecule has 0 aromatic heterocycles. The Morgan fingerprint density at radius 3 is 2.45 bits per heavy atom. The van der Waals surface area contributed by atoms with E-state index in [2.05, 4.69) is 34.2 Å². The molecule has 0 spiro atoms. The molecule has 0 bridgehead atoms. The third-order valence-corrected chi connectivity index (χ3v) is 5.03.